The van der Waals surface area contributed by atoms with Crippen molar-refractivity contribution in [3.05, 3.63) is 27.8 Å². The van der Waals surface area contributed by atoms with Crippen LogP contribution in [0.1, 0.15) is 6.92 Å². The number of carbonyl (C=O) groups excluding carboxylic acids is 2. The van der Waals surface area contributed by atoms with Crippen LogP contribution in [0.3, 0.4) is 0 Å². The van der Waals surface area contributed by atoms with Crippen molar-refractivity contribution < 1.29 is 14.3 Å². The molecule has 0 fully saturated rings. The van der Waals surface area contributed by atoms with Gasteiger partial charge in [0.05, 0.1) is 6.54 Å². The summed E-state index contributed by atoms with van der Waals surface area (Å²) in [6.45, 7) is 2.25. The Hall–Kier alpha value is -1.31. The molecule has 0 atom stereocenters. The second-order valence-corrected chi connectivity index (χ2v) is 4.72. The van der Waals surface area contributed by atoms with Gasteiger partial charge >= 0.3 is 0 Å². The second kappa shape index (κ2) is 7.91. The molecule has 1 aromatic rings. The van der Waals surface area contributed by atoms with E-state index in [2.05, 4.69) is 33.2 Å². The SMILES string of the molecule is CCNC(=O)CNC(=O)COc1ccc(I)cc1. The third-order valence-electron chi connectivity index (χ3n) is 2.00. The number of hydrogen-bond donors (Lipinski definition) is 2. The van der Waals surface area contributed by atoms with Gasteiger partial charge in [-0.05, 0) is 53.8 Å². The highest BCUT2D eigenvalue weighted by Gasteiger charge is 2.05. The van der Waals surface area contributed by atoms with E-state index in [9.17, 15) is 9.59 Å². The summed E-state index contributed by atoms with van der Waals surface area (Å²) in [6, 6.07) is 7.36. The van der Waals surface area contributed by atoms with Crippen molar-refractivity contribution in [2.24, 2.45) is 0 Å². The molecule has 0 aliphatic rings. The molecule has 0 saturated carbocycles. The van der Waals surface area contributed by atoms with Crippen LogP contribution in [-0.4, -0.2) is 31.5 Å². The minimum absolute atomic E-state index is 0.0251. The van der Waals surface area contributed by atoms with Crippen LogP contribution in [0.4, 0.5) is 0 Å². The zero-order chi connectivity index (χ0) is 13.4. The number of halogens is 1. The molecule has 0 saturated heterocycles. The molecule has 6 heteroatoms. The molecule has 0 bridgehead atoms. The number of ether oxygens (including phenoxy) is 1. The number of carbonyl (C=O) groups is 2. The van der Waals surface area contributed by atoms with Crippen LogP contribution in [0.5, 0.6) is 5.75 Å². The Morgan fingerprint density at radius 1 is 1.17 bits per heavy atom. The summed E-state index contributed by atoms with van der Waals surface area (Å²) in [5.74, 6) is 0.100. The van der Waals surface area contributed by atoms with Crippen molar-refractivity contribution in [3.63, 3.8) is 0 Å². The molecule has 0 heterocycles. The van der Waals surface area contributed by atoms with Crippen molar-refractivity contribution in [1.82, 2.24) is 10.6 Å². The first-order valence-corrected chi connectivity index (χ1v) is 6.61. The summed E-state index contributed by atoms with van der Waals surface area (Å²) in [4.78, 5) is 22.5. The van der Waals surface area contributed by atoms with Crippen molar-refractivity contribution >= 4 is 34.4 Å². The van der Waals surface area contributed by atoms with E-state index >= 15 is 0 Å². The lowest BCUT2D eigenvalue weighted by Gasteiger charge is -2.07. The van der Waals surface area contributed by atoms with E-state index in [4.69, 9.17) is 4.74 Å². The van der Waals surface area contributed by atoms with Crippen LogP contribution in [-0.2, 0) is 9.59 Å². The molecule has 1 aromatic carbocycles. The Labute approximate surface area is 119 Å². The Bertz CT molecular complexity index is 406. The van der Waals surface area contributed by atoms with E-state index < -0.39 is 0 Å². The van der Waals surface area contributed by atoms with Gasteiger partial charge < -0.3 is 15.4 Å². The number of rotatable bonds is 6. The quantitative estimate of drug-likeness (QED) is 0.740. The summed E-state index contributed by atoms with van der Waals surface area (Å²) < 4.78 is 6.37. The molecule has 0 aliphatic heterocycles. The van der Waals surface area contributed by atoms with E-state index in [1.54, 1.807) is 12.1 Å². The maximum atomic E-state index is 11.4. The first-order valence-electron chi connectivity index (χ1n) is 5.53. The number of hydrogen-bond acceptors (Lipinski definition) is 3. The monoisotopic (exact) mass is 362 g/mol. The van der Waals surface area contributed by atoms with Gasteiger partial charge in [-0.3, -0.25) is 9.59 Å². The van der Waals surface area contributed by atoms with Crippen LogP contribution in [0.2, 0.25) is 0 Å². The lowest BCUT2D eigenvalue weighted by atomic mass is 10.3. The fourth-order valence-electron chi connectivity index (χ4n) is 1.17. The topological polar surface area (TPSA) is 67.4 Å². The van der Waals surface area contributed by atoms with Crippen LogP contribution >= 0.6 is 22.6 Å². The lowest BCUT2D eigenvalue weighted by Crippen LogP contribution is -2.38. The van der Waals surface area contributed by atoms with Gasteiger partial charge in [-0.15, -0.1) is 0 Å². The van der Waals surface area contributed by atoms with Gasteiger partial charge in [0.25, 0.3) is 5.91 Å². The Morgan fingerprint density at radius 3 is 2.44 bits per heavy atom. The fourth-order valence-corrected chi connectivity index (χ4v) is 1.53. The molecule has 2 N–H and O–H groups in total. The van der Waals surface area contributed by atoms with Crippen molar-refractivity contribution in [2.75, 3.05) is 19.7 Å². The molecule has 0 spiro atoms. The van der Waals surface area contributed by atoms with Crippen LogP contribution in [0.15, 0.2) is 24.3 Å². The zero-order valence-electron chi connectivity index (χ0n) is 10.0. The molecule has 2 amide bonds. The highest BCUT2D eigenvalue weighted by molar-refractivity contribution is 14.1. The summed E-state index contributed by atoms with van der Waals surface area (Å²) in [6.07, 6.45) is 0. The molecule has 0 radical (unpaired) electrons. The molecule has 5 nitrogen and oxygen atoms in total. The van der Waals surface area contributed by atoms with Crippen molar-refractivity contribution in [2.45, 2.75) is 6.92 Å². The smallest absolute Gasteiger partial charge is 0.258 e. The highest BCUT2D eigenvalue weighted by atomic mass is 127. The molecule has 98 valence electrons. The number of benzene rings is 1. The third-order valence-corrected chi connectivity index (χ3v) is 2.72. The van der Waals surface area contributed by atoms with E-state index in [0.29, 0.717) is 12.3 Å². The molecule has 0 unspecified atom stereocenters. The largest absolute Gasteiger partial charge is 0.484 e. The molecular weight excluding hydrogens is 347 g/mol. The van der Waals surface area contributed by atoms with Gasteiger partial charge in [0, 0.05) is 10.1 Å². The molecule has 0 aliphatic carbocycles. The number of likely N-dealkylation sites (N-methyl/N-ethyl adjacent to an activating group) is 1. The van der Waals surface area contributed by atoms with Crippen molar-refractivity contribution in [3.8, 4) is 5.75 Å². The lowest BCUT2D eigenvalue weighted by molar-refractivity contribution is -0.127. The van der Waals surface area contributed by atoms with Gasteiger partial charge in [-0.1, -0.05) is 0 Å². The first kappa shape index (κ1) is 14.7. The first-order chi connectivity index (χ1) is 8.61. The molecule has 18 heavy (non-hydrogen) atoms. The van der Waals surface area contributed by atoms with Gasteiger partial charge in [0.15, 0.2) is 6.61 Å². The van der Waals surface area contributed by atoms with E-state index in [1.807, 2.05) is 19.1 Å². The fraction of sp³-hybridized carbons (Fsp3) is 0.333. The number of amides is 2. The maximum absolute atomic E-state index is 11.4. The van der Waals surface area contributed by atoms with Crippen LogP contribution in [0.25, 0.3) is 0 Å². The summed E-state index contributed by atoms with van der Waals surface area (Å²) in [7, 11) is 0. The minimum Gasteiger partial charge on any atom is -0.484 e. The Morgan fingerprint density at radius 2 is 1.83 bits per heavy atom. The van der Waals surface area contributed by atoms with Gasteiger partial charge in [-0.25, -0.2) is 0 Å². The van der Waals surface area contributed by atoms with E-state index in [1.165, 1.54) is 0 Å². The zero-order valence-corrected chi connectivity index (χ0v) is 12.2. The number of nitrogens with one attached hydrogen (secondary N) is 2. The average molecular weight is 362 g/mol. The minimum atomic E-state index is -0.320. The maximum Gasteiger partial charge on any atom is 0.258 e. The Kier molecular flexibility index (Phi) is 6.48. The molecular formula is C12H15IN2O3. The third kappa shape index (κ3) is 5.85. The molecule has 1 rings (SSSR count). The highest BCUT2D eigenvalue weighted by Crippen LogP contribution is 2.12. The van der Waals surface area contributed by atoms with Gasteiger partial charge in [0.2, 0.25) is 5.91 Å². The summed E-state index contributed by atoms with van der Waals surface area (Å²) in [5, 5.41) is 5.06. The Balaban J connectivity index is 2.24. The summed E-state index contributed by atoms with van der Waals surface area (Å²) >= 11 is 2.19. The van der Waals surface area contributed by atoms with E-state index in [-0.39, 0.29) is 25.0 Å². The predicted octanol–water partition coefficient (Wildman–Crippen LogP) is 0.922. The predicted molar refractivity (Wildman–Crippen MR) is 76.3 cm³/mol. The normalized spacial score (nSPS) is 9.67. The van der Waals surface area contributed by atoms with Crippen LogP contribution < -0.4 is 15.4 Å². The standard InChI is InChI=1S/C12H15IN2O3/c1-2-14-11(16)7-15-12(17)8-18-10-5-3-9(13)4-6-10/h3-6H,2,7-8H2,1H3,(H,14,16)(H,15,17). The van der Waals surface area contributed by atoms with E-state index in [0.717, 1.165) is 3.57 Å². The average Bonchev–Trinajstić information content (AvgIpc) is 2.36. The van der Waals surface area contributed by atoms with Crippen LogP contribution in [0, 0.1) is 3.57 Å². The molecule has 0 aromatic heterocycles. The van der Waals surface area contributed by atoms with Gasteiger partial charge in [-0.2, -0.15) is 0 Å². The second-order valence-electron chi connectivity index (χ2n) is 3.47. The van der Waals surface area contributed by atoms with Gasteiger partial charge in [0.1, 0.15) is 5.75 Å². The van der Waals surface area contributed by atoms with Crippen molar-refractivity contribution in [1.29, 1.82) is 0 Å². The summed E-state index contributed by atoms with van der Waals surface area (Å²) in [5.41, 5.74) is 0.